The number of hydrogen-bond donors (Lipinski definition) is 1. The van der Waals surface area contributed by atoms with Gasteiger partial charge in [0.2, 0.25) is 0 Å². The number of ether oxygens (including phenoxy) is 1. The molecule has 4 heteroatoms. The summed E-state index contributed by atoms with van der Waals surface area (Å²) in [5.74, 6) is -0.0309. The van der Waals surface area contributed by atoms with Gasteiger partial charge in [-0.15, -0.1) is 0 Å². The maximum atomic E-state index is 13.7. The van der Waals surface area contributed by atoms with Gasteiger partial charge >= 0.3 is 0 Å². The molecule has 0 aromatic heterocycles. The predicted molar refractivity (Wildman–Crippen MR) is 77.3 cm³/mol. The maximum Gasteiger partial charge on any atom is 0.165 e. The molecule has 0 bridgehead atoms. The van der Waals surface area contributed by atoms with Gasteiger partial charge in [-0.1, -0.05) is 13.0 Å². The second-order valence-corrected chi connectivity index (χ2v) is 5.79. The van der Waals surface area contributed by atoms with E-state index in [2.05, 4.69) is 11.8 Å². The third-order valence-electron chi connectivity index (χ3n) is 4.45. The molecule has 3 nitrogen and oxygen atoms in total. The van der Waals surface area contributed by atoms with E-state index in [1.807, 2.05) is 6.07 Å². The van der Waals surface area contributed by atoms with Crippen molar-refractivity contribution >= 4 is 0 Å². The Kier molecular flexibility index (Phi) is 5.00. The summed E-state index contributed by atoms with van der Waals surface area (Å²) in [5, 5.41) is 9.63. The topological polar surface area (TPSA) is 32.7 Å². The Bertz CT molecular complexity index is 446. The van der Waals surface area contributed by atoms with Gasteiger partial charge in [0.1, 0.15) is 0 Å². The Morgan fingerprint density at radius 1 is 1.45 bits per heavy atom. The molecule has 1 atom stereocenters. The summed E-state index contributed by atoms with van der Waals surface area (Å²) < 4.78 is 18.6. The number of likely N-dealkylation sites (tertiary alicyclic amines) is 1. The lowest BCUT2D eigenvalue weighted by atomic mass is 9.78. The lowest BCUT2D eigenvalue weighted by molar-refractivity contribution is 0.0258. The smallest absolute Gasteiger partial charge is 0.165 e. The number of aliphatic hydroxyl groups excluding tert-OH is 1. The van der Waals surface area contributed by atoms with Crippen LogP contribution < -0.4 is 4.74 Å². The third-order valence-corrected chi connectivity index (χ3v) is 4.45. The molecule has 1 aliphatic heterocycles. The Balaban J connectivity index is 2.04. The molecule has 20 heavy (non-hydrogen) atoms. The number of hydrogen-bond acceptors (Lipinski definition) is 3. The summed E-state index contributed by atoms with van der Waals surface area (Å²) in [6.45, 7) is 4.98. The van der Waals surface area contributed by atoms with Gasteiger partial charge in [0, 0.05) is 25.1 Å². The second kappa shape index (κ2) is 6.55. The number of methoxy groups -OCH3 is 1. The maximum absolute atomic E-state index is 13.7. The first-order valence-electron chi connectivity index (χ1n) is 7.28. The molecule has 1 fully saturated rings. The van der Waals surface area contributed by atoms with Gasteiger partial charge in [0.25, 0.3) is 0 Å². The molecule has 112 valence electrons. The lowest BCUT2D eigenvalue weighted by Gasteiger charge is -2.41. The van der Waals surface area contributed by atoms with Crippen molar-refractivity contribution in [1.29, 1.82) is 0 Å². The van der Waals surface area contributed by atoms with Crippen LogP contribution in [0.5, 0.6) is 5.75 Å². The largest absolute Gasteiger partial charge is 0.494 e. The number of benzene rings is 1. The van der Waals surface area contributed by atoms with Crippen molar-refractivity contribution in [1.82, 2.24) is 4.90 Å². The summed E-state index contributed by atoms with van der Waals surface area (Å²) in [7, 11) is 1.47. The monoisotopic (exact) mass is 281 g/mol. The average Bonchev–Trinajstić information content (AvgIpc) is 2.47. The molecule has 1 aliphatic rings. The minimum Gasteiger partial charge on any atom is -0.494 e. The van der Waals surface area contributed by atoms with Crippen molar-refractivity contribution in [3.05, 3.63) is 29.6 Å². The van der Waals surface area contributed by atoms with Crippen molar-refractivity contribution in [3.8, 4) is 5.75 Å². The summed E-state index contributed by atoms with van der Waals surface area (Å²) in [5.41, 5.74) is 0.969. The lowest BCUT2D eigenvalue weighted by Crippen LogP contribution is -2.44. The van der Waals surface area contributed by atoms with E-state index in [4.69, 9.17) is 4.74 Å². The van der Waals surface area contributed by atoms with Gasteiger partial charge in [-0.25, -0.2) is 4.39 Å². The van der Waals surface area contributed by atoms with Gasteiger partial charge in [0.15, 0.2) is 11.6 Å². The summed E-state index contributed by atoms with van der Waals surface area (Å²) >= 11 is 0. The van der Waals surface area contributed by atoms with Crippen LogP contribution in [0.15, 0.2) is 18.2 Å². The highest BCUT2D eigenvalue weighted by atomic mass is 19.1. The highest BCUT2D eigenvalue weighted by molar-refractivity contribution is 5.29. The predicted octanol–water partition coefficient (Wildman–Crippen LogP) is 2.82. The minimum absolute atomic E-state index is 0.0171. The summed E-state index contributed by atoms with van der Waals surface area (Å²) in [6, 6.07) is 5.12. The van der Waals surface area contributed by atoms with Gasteiger partial charge in [0.05, 0.1) is 7.11 Å². The van der Waals surface area contributed by atoms with E-state index in [0.717, 1.165) is 44.5 Å². The minimum atomic E-state index is -0.314. The number of piperidine rings is 1. The number of aliphatic hydroxyl groups is 1. The normalized spacial score (nSPS) is 23.8. The summed E-state index contributed by atoms with van der Waals surface area (Å²) in [6.07, 6.45) is 3.15. The van der Waals surface area contributed by atoms with Crippen LogP contribution in [-0.4, -0.2) is 36.8 Å². The molecule has 1 aromatic carbocycles. The van der Waals surface area contributed by atoms with Crippen molar-refractivity contribution in [2.75, 3.05) is 26.8 Å². The first-order valence-corrected chi connectivity index (χ1v) is 7.28. The van der Waals surface area contributed by atoms with Crippen molar-refractivity contribution in [2.45, 2.75) is 32.7 Å². The van der Waals surface area contributed by atoms with E-state index in [-0.39, 0.29) is 23.6 Å². The zero-order valence-electron chi connectivity index (χ0n) is 12.4. The first-order chi connectivity index (χ1) is 9.62. The van der Waals surface area contributed by atoms with Crippen LogP contribution in [0.3, 0.4) is 0 Å². The fourth-order valence-corrected chi connectivity index (χ4v) is 3.04. The van der Waals surface area contributed by atoms with Gasteiger partial charge < -0.3 is 9.84 Å². The van der Waals surface area contributed by atoms with Gasteiger partial charge in [-0.2, -0.15) is 0 Å². The van der Waals surface area contributed by atoms with Crippen LogP contribution in [0.1, 0.15) is 31.7 Å². The fourth-order valence-electron chi connectivity index (χ4n) is 3.04. The van der Waals surface area contributed by atoms with Crippen LogP contribution in [-0.2, 0) is 6.54 Å². The van der Waals surface area contributed by atoms with E-state index >= 15 is 0 Å². The van der Waals surface area contributed by atoms with Crippen LogP contribution in [0.2, 0.25) is 0 Å². The molecular weight excluding hydrogens is 257 g/mol. The molecule has 2 rings (SSSR count). The summed E-state index contributed by atoms with van der Waals surface area (Å²) in [4.78, 5) is 2.31. The molecule has 1 N–H and O–H groups in total. The molecule has 0 amide bonds. The highest BCUT2D eigenvalue weighted by Crippen LogP contribution is 2.33. The second-order valence-electron chi connectivity index (χ2n) is 5.79. The molecule has 1 aromatic rings. The van der Waals surface area contributed by atoms with Crippen LogP contribution in [0, 0.1) is 11.2 Å². The zero-order chi connectivity index (χ0) is 14.6. The zero-order valence-corrected chi connectivity index (χ0v) is 12.4. The van der Waals surface area contributed by atoms with Crippen molar-refractivity contribution < 1.29 is 14.2 Å². The van der Waals surface area contributed by atoms with E-state index in [9.17, 15) is 9.50 Å². The van der Waals surface area contributed by atoms with Gasteiger partial charge in [-0.3, -0.25) is 4.90 Å². The molecular formula is C16H24FNO2. The SMILES string of the molecule is CC[C@@]1(CO)CCCN(Cc2ccc(OC)c(F)c2)C1. The Morgan fingerprint density at radius 2 is 2.25 bits per heavy atom. The molecule has 0 radical (unpaired) electrons. The molecule has 0 saturated carbocycles. The van der Waals surface area contributed by atoms with Gasteiger partial charge in [-0.05, 0) is 43.5 Å². The molecule has 0 aliphatic carbocycles. The Labute approximate surface area is 120 Å². The number of halogens is 1. The number of rotatable bonds is 5. The van der Waals surface area contributed by atoms with Crippen LogP contribution in [0.4, 0.5) is 4.39 Å². The standard InChI is InChI=1S/C16H24FNO2/c1-3-16(12-19)7-4-8-18(11-16)10-13-5-6-15(20-2)14(17)9-13/h5-6,9,19H,3-4,7-8,10-12H2,1-2H3/t16-/m1/s1. The van der Waals surface area contributed by atoms with E-state index in [1.165, 1.54) is 7.11 Å². The average molecular weight is 281 g/mol. The number of nitrogens with zero attached hydrogens (tertiary/aromatic N) is 1. The Hall–Kier alpha value is -1.13. The highest BCUT2D eigenvalue weighted by Gasteiger charge is 2.33. The third kappa shape index (κ3) is 3.30. The molecule has 0 spiro atoms. The van der Waals surface area contributed by atoms with Crippen LogP contribution >= 0.6 is 0 Å². The van der Waals surface area contributed by atoms with Crippen molar-refractivity contribution in [3.63, 3.8) is 0 Å². The van der Waals surface area contributed by atoms with Crippen molar-refractivity contribution in [2.24, 2.45) is 5.41 Å². The van der Waals surface area contributed by atoms with E-state index in [1.54, 1.807) is 12.1 Å². The molecule has 1 heterocycles. The Morgan fingerprint density at radius 3 is 2.85 bits per heavy atom. The molecule has 1 saturated heterocycles. The molecule has 0 unspecified atom stereocenters. The fraction of sp³-hybridized carbons (Fsp3) is 0.625. The van der Waals surface area contributed by atoms with E-state index in [0.29, 0.717) is 0 Å². The quantitative estimate of drug-likeness (QED) is 0.901. The first kappa shape index (κ1) is 15.3. The van der Waals surface area contributed by atoms with E-state index < -0.39 is 0 Å². The van der Waals surface area contributed by atoms with Crippen LogP contribution in [0.25, 0.3) is 0 Å².